The minimum atomic E-state index is 0.768. The quantitative estimate of drug-likeness (QED) is 0.318. The van der Waals surface area contributed by atoms with E-state index in [9.17, 15) is 0 Å². The molecule has 1 aliphatic heterocycles. The van der Waals surface area contributed by atoms with Crippen LogP contribution in [0.3, 0.4) is 0 Å². The lowest BCUT2D eigenvalue weighted by Crippen LogP contribution is -2.40. The molecule has 9 nitrogen and oxygen atoms in total. The molecule has 0 radical (unpaired) electrons. The number of hydrogen-bond acceptors (Lipinski definition) is 6. The summed E-state index contributed by atoms with van der Waals surface area (Å²) in [4.78, 5) is 11.6. The number of morpholine rings is 1. The smallest absolute Gasteiger partial charge is 0.191 e. The number of aromatic nitrogens is 4. The van der Waals surface area contributed by atoms with Gasteiger partial charge in [-0.05, 0) is 18.6 Å². The van der Waals surface area contributed by atoms with Crippen LogP contribution in [0.5, 0.6) is 0 Å². The summed E-state index contributed by atoms with van der Waals surface area (Å²) in [7, 11) is 0. The lowest BCUT2D eigenvalue weighted by Gasteiger charge is -2.26. The van der Waals surface area contributed by atoms with Gasteiger partial charge in [-0.2, -0.15) is 0 Å². The minimum absolute atomic E-state index is 0.768. The molecule has 2 aromatic heterocycles. The molecular weight excluding hydrogens is 380 g/mol. The van der Waals surface area contributed by atoms with Gasteiger partial charge in [-0.25, -0.2) is 0 Å². The van der Waals surface area contributed by atoms with Gasteiger partial charge in [0, 0.05) is 70.5 Å². The molecule has 0 amide bonds. The Labute approximate surface area is 179 Å². The van der Waals surface area contributed by atoms with E-state index in [-0.39, 0.29) is 0 Å². The van der Waals surface area contributed by atoms with E-state index < -0.39 is 0 Å². The summed E-state index contributed by atoms with van der Waals surface area (Å²) in [5, 5.41) is 15.0. The van der Waals surface area contributed by atoms with Crippen molar-refractivity contribution in [1.82, 2.24) is 35.3 Å². The third kappa shape index (κ3) is 7.72. The molecule has 9 heteroatoms. The third-order valence-corrected chi connectivity index (χ3v) is 5.06. The first-order valence-electron chi connectivity index (χ1n) is 10.9. The second kappa shape index (κ2) is 12.9. The minimum Gasteiger partial charge on any atom is -0.379 e. The molecule has 0 spiro atoms. The van der Waals surface area contributed by atoms with Gasteiger partial charge in [-0.15, -0.1) is 10.2 Å². The number of aliphatic imine (C=N–C) groups is 1. The highest BCUT2D eigenvalue weighted by molar-refractivity contribution is 5.79. The molecule has 0 saturated carbocycles. The number of aryl methyl sites for hydroxylation is 1. The molecule has 2 aromatic rings. The van der Waals surface area contributed by atoms with Crippen molar-refractivity contribution < 1.29 is 4.74 Å². The molecule has 3 heterocycles. The van der Waals surface area contributed by atoms with Crippen LogP contribution < -0.4 is 10.6 Å². The molecule has 3 rings (SSSR count). The SMILES string of the molecule is CCc1nncn1CCNC(=NCCCN1CCOCC1)NCCc1ccccn1. The molecule has 1 aliphatic rings. The lowest BCUT2D eigenvalue weighted by molar-refractivity contribution is 0.0377. The van der Waals surface area contributed by atoms with Crippen molar-refractivity contribution in [1.29, 1.82) is 0 Å². The molecule has 1 fully saturated rings. The molecular formula is C21H34N8O. The summed E-state index contributed by atoms with van der Waals surface area (Å²) in [5.41, 5.74) is 1.08. The zero-order valence-corrected chi connectivity index (χ0v) is 18.0. The zero-order valence-electron chi connectivity index (χ0n) is 18.0. The van der Waals surface area contributed by atoms with E-state index >= 15 is 0 Å². The standard InChI is InChI=1S/C21H34N8O/c1-2-20-27-26-18-29(20)13-11-25-21(24-10-7-19-6-3-4-8-22-19)23-9-5-12-28-14-16-30-17-15-28/h3-4,6,8,18H,2,5,7,9-17H2,1H3,(H2,23,24,25). The predicted molar refractivity (Wildman–Crippen MR) is 118 cm³/mol. The molecule has 30 heavy (non-hydrogen) atoms. The number of hydrogen-bond donors (Lipinski definition) is 2. The Bertz CT molecular complexity index is 742. The predicted octanol–water partition coefficient (Wildman–Crippen LogP) is 0.736. The van der Waals surface area contributed by atoms with Gasteiger partial charge in [0.05, 0.1) is 13.2 Å². The Hall–Kier alpha value is -2.52. The van der Waals surface area contributed by atoms with E-state index in [1.54, 1.807) is 6.33 Å². The molecule has 0 aromatic carbocycles. The zero-order chi connectivity index (χ0) is 20.9. The van der Waals surface area contributed by atoms with Crippen molar-refractivity contribution in [2.45, 2.75) is 32.7 Å². The second-order valence-corrected chi connectivity index (χ2v) is 7.26. The average Bonchev–Trinajstić information content (AvgIpc) is 3.25. The summed E-state index contributed by atoms with van der Waals surface area (Å²) in [6, 6.07) is 6.01. The van der Waals surface area contributed by atoms with Gasteiger partial charge in [-0.1, -0.05) is 13.0 Å². The van der Waals surface area contributed by atoms with E-state index in [4.69, 9.17) is 9.73 Å². The molecule has 164 valence electrons. The molecule has 0 unspecified atom stereocenters. The summed E-state index contributed by atoms with van der Waals surface area (Å²) in [6.07, 6.45) is 6.40. The lowest BCUT2D eigenvalue weighted by atomic mass is 10.3. The third-order valence-electron chi connectivity index (χ3n) is 5.06. The summed E-state index contributed by atoms with van der Waals surface area (Å²) >= 11 is 0. The van der Waals surface area contributed by atoms with Crippen LogP contribution in [0.25, 0.3) is 0 Å². The van der Waals surface area contributed by atoms with Crippen LogP contribution in [-0.4, -0.2) is 83.1 Å². The second-order valence-electron chi connectivity index (χ2n) is 7.26. The van der Waals surface area contributed by atoms with E-state index in [0.717, 1.165) is 95.8 Å². The fourth-order valence-electron chi connectivity index (χ4n) is 3.37. The fourth-order valence-corrected chi connectivity index (χ4v) is 3.37. The highest BCUT2D eigenvalue weighted by Crippen LogP contribution is 1.99. The Morgan fingerprint density at radius 3 is 2.83 bits per heavy atom. The number of nitrogens with one attached hydrogen (secondary N) is 2. The van der Waals surface area contributed by atoms with Crippen LogP contribution in [-0.2, 0) is 24.1 Å². The van der Waals surface area contributed by atoms with Crippen molar-refractivity contribution in [2.75, 3.05) is 52.5 Å². The van der Waals surface area contributed by atoms with Crippen LogP contribution in [0.1, 0.15) is 24.9 Å². The maximum Gasteiger partial charge on any atom is 0.191 e. The molecule has 0 atom stereocenters. The van der Waals surface area contributed by atoms with E-state index in [0.29, 0.717) is 0 Å². The number of pyridine rings is 1. The van der Waals surface area contributed by atoms with Crippen molar-refractivity contribution in [3.63, 3.8) is 0 Å². The van der Waals surface area contributed by atoms with Crippen LogP contribution in [0, 0.1) is 0 Å². The van der Waals surface area contributed by atoms with Crippen molar-refractivity contribution in [3.8, 4) is 0 Å². The molecule has 2 N–H and O–H groups in total. The van der Waals surface area contributed by atoms with Crippen molar-refractivity contribution >= 4 is 5.96 Å². The van der Waals surface area contributed by atoms with Crippen LogP contribution >= 0.6 is 0 Å². The Balaban J connectivity index is 1.45. The topological polar surface area (TPSA) is 92.5 Å². The Kier molecular flexibility index (Phi) is 9.55. The first kappa shape index (κ1) is 22.2. The van der Waals surface area contributed by atoms with Gasteiger partial charge in [0.25, 0.3) is 0 Å². The van der Waals surface area contributed by atoms with Crippen molar-refractivity contribution in [3.05, 3.63) is 42.2 Å². The van der Waals surface area contributed by atoms with E-state index in [1.807, 2.05) is 24.4 Å². The molecule has 0 aliphatic carbocycles. The van der Waals surface area contributed by atoms with Crippen LogP contribution in [0.4, 0.5) is 0 Å². The Morgan fingerprint density at radius 1 is 1.17 bits per heavy atom. The monoisotopic (exact) mass is 414 g/mol. The van der Waals surface area contributed by atoms with Gasteiger partial charge < -0.3 is 19.9 Å². The average molecular weight is 415 g/mol. The van der Waals surface area contributed by atoms with Crippen LogP contribution in [0.2, 0.25) is 0 Å². The Morgan fingerprint density at radius 2 is 2.03 bits per heavy atom. The van der Waals surface area contributed by atoms with Gasteiger partial charge in [0.15, 0.2) is 5.96 Å². The van der Waals surface area contributed by atoms with Crippen LogP contribution in [0.15, 0.2) is 35.7 Å². The number of ether oxygens (including phenoxy) is 1. The highest BCUT2D eigenvalue weighted by atomic mass is 16.5. The van der Waals surface area contributed by atoms with Crippen molar-refractivity contribution in [2.24, 2.45) is 4.99 Å². The first-order valence-corrected chi connectivity index (χ1v) is 10.9. The number of guanidine groups is 1. The fraction of sp³-hybridized carbons (Fsp3) is 0.619. The maximum absolute atomic E-state index is 5.41. The van der Waals surface area contributed by atoms with Gasteiger partial charge in [0.1, 0.15) is 12.2 Å². The van der Waals surface area contributed by atoms with Gasteiger partial charge >= 0.3 is 0 Å². The highest BCUT2D eigenvalue weighted by Gasteiger charge is 2.09. The maximum atomic E-state index is 5.41. The van der Waals surface area contributed by atoms with E-state index in [1.165, 1.54) is 0 Å². The first-order chi connectivity index (χ1) is 14.8. The van der Waals surface area contributed by atoms with Gasteiger partial charge in [-0.3, -0.25) is 14.9 Å². The normalized spacial score (nSPS) is 15.3. The van der Waals surface area contributed by atoms with Gasteiger partial charge in [0.2, 0.25) is 0 Å². The summed E-state index contributed by atoms with van der Waals surface area (Å²) < 4.78 is 7.49. The van der Waals surface area contributed by atoms with E-state index in [2.05, 4.69) is 42.2 Å². The number of nitrogens with zero attached hydrogens (tertiary/aromatic N) is 6. The molecule has 1 saturated heterocycles. The molecule has 0 bridgehead atoms. The number of rotatable bonds is 11. The summed E-state index contributed by atoms with van der Waals surface area (Å²) in [5.74, 6) is 1.85. The summed E-state index contributed by atoms with van der Waals surface area (Å²) in [6.45, 7) is 10.0. The largest absolute Gasteiger partial charge is 0.379 e.